The van der Waals surface area contributed by atoms with Gasteiger partial charge in [-0.25, -0.2) is 4.39 Å². The Hall–Kier alpha value is -1.09. The highest BCUT2D eigenvalue weighted by Crippen LogP contribution is 2.25. The third-order valence-corrected chi connectivity index (χ3v) is 2.25. The van der Waals surface area contributed by atoms with E-state index in [1.54, 1.807) is 13.0 Å². The van der Waals surface area contributed by atoms with Gasteiger partial charge in [0, 0.05) is 5.56 Å². The van der Waals surface area contributed by atoms with Gasteiger partial charge in [-0.1, -0.05) is 17.7 Å². The van der Waals surface area contributed by atoms with Gasteiger partial charge >= 0.3 is 5.97 Å². The molecule has 0 amide bonds. The maximum Gasteiger partial charge on any atom is 0.328 e. The average molecular weight is 217 g/mol. The minimum absolute atomic E-state index is 0.151. The second-order valence-corrected chi connectivity index (χ2v) is 3.35. The number of benzene rings is 1. The second kappa shape index (κ2) is 4.42. The minimum Gasteiger partial charge on any atom is -0.468 e. The van der Waals surface area contributed by atoms with Gasteiger partial charge in [-0.3, -0.25) is 4.79 Å². The molecule has 0 aliphatic heterocycles. The van der Waals surface area contributed by atoms with Crippen LogP contribution in [0.2, 0.25) is 0 Å². The lowest BCUT2D eigenvalue weighted by Gasteiger charge is -2.09. The Balaban J connectivity index is 3.05. The lowest BCUT2D eigenvalue weighted by atomic mass is 10.1. The molecule has 0 fully saturated rings. The Morgan fingerprint density at radius 1 is 1.57 bits per heavy atom. The molecule has 0 aromatic heterocycles. The van der Waals surface area contributed by atoms with Crippen molar-refractivity contribution in [1.82, 2.24) is 0 Å². The first kappa shape index (κ1) is 11.0. The van der Waals surface area contributed by atoms with Crippen LogP contribution in [0.15, 0.2) is 18.2 Å². The first-order valence-corrected chi connectivity index (χ1v) is 4.48. The van der Waals surface area contributed by atoms with E-state index in [9.17, 15) is 9.18 Å². The number of methoxy groups -OCH3 is 1. The standard InChI is InChI=1S/C10H10ClFO2/c1-6-3-4-8(12)7(5-6)9(11)10(13)14-2/h3-5,9H,1-2H3. The molecular formula is C10H10ClFO2. The monoisotopic (exact) mass is 216 g/mol. The summed E-state index contributed by atoms with van der Waals surface area (Å²) in [6, 6.07) is 4.42. The molecule has 1 atom stereocenters. The summed E-state index contributed by atoms with van der Waals surface area (Å²) in [7, 11) is 1.21. The maximum atomic E-state index is 13.2. The molecular weight excluding hydrogens is 207 g/mol. The smallest absolute Gasteiger partial charge is 0.328 e. The van der Waals surface area contributed by atoms with E-state index in [1.807, 2.05) is 0 Å². The molecule has 0 saturated carbocycles. The molecule has 4 heteroatoms. The van der Waals surface area contributed by atoms with Gasteiger partial charge in [-0.05, 0) is 13.0 Å². The van der Waals surface area contributed by atoms with E-state index in [0.29, 0.717) is 0 Å². The lowest BCUT2D eigenvalue weighted by Crippen LogP contribution is -2.10. The van der Waals surface area contributed by atoms with Crippen LogP contribution >= 0.6 is 11.6 Å². The van der Waals surface area contributed by atoms with Crippen LogP contribution in [-0.2, 0) is 9.53 Å². The Labute approximate surface area is 86.6 Å². The largest absolute Gasteiger partial charge is 0.468 e. The van der Waals surface area contributed by atoms with Crippen molar-refractivity contribution in [3.8, 4) is 0 Å². The van der Waals surface area contributed by atoms with Gasteiger partial charge in [0.25, 0.3) is 0 Å². The predicted octanol–water partition coefficient (Wildman–Crippen LogP) is 2.59. The molecule has 0 radical (unpaired) electrons. The minimum atomic E-state index is -1.08. The number of carbonyl (C=O) groups is 1. The number of alkyl halides is 1. The maximum absolute atomic E-state index is 13.2. The summed E-state index contributed by atoms with van der Waals surface area (Å²) in [5, 5.41) is -1.08. The molecule has 1 rings (SSSR count). The molecule has 0 N–H and O–H groups in total. The molecule has 0 bridgehead atoms. The third-order valence-electron chi connectivity index (χ3n) is 1.83. The molecule has 2 nitrogen and oxygen atoms in total. The van der Waals surface area contributed by atoms with Gasteiger partial charge < -0.3 is 4.74 Å². The van der Waals surface area contributed by atoms with Gasteiger partial charge in [0.1, 0.15) is 5.82 Å². The fourth-order valence-corrected chi connectivity index (χ4v) is 1.34. The molecule has 1 aromatic carbocycles. The molecule has 0 aliphatic rings. The van der Waals surface area contributed by atoms with Gasteiger partial charge in [-0.2, -0.15) is 0 Å². The Morgan fingerprint density at radius 3 is 2.79 bits per heavy atom. The van der Waals surface area contributed by atoms with E-state index in [2.05, 4.69) is 4.74 Å². The Morgan fingerprint density at radius 2 is 2.21 bits per heavy atom. The highest BCUT2D eigenvalue weighted by molar-refractivity contribution is 6.29. The number of carbonyl (C=O) groups excluding carboxylic acids is 1. The summed E-state index contributed by atoms with van der Waals surface area (Å²) in [4.78, 5) is 11.1. The molecule has 0 aliphatic carbocycles. The van der Waals surface area contributed by atoms with Crippen molar-refractivity contribution in [2.75, 3.05) is 7.11 Å². The Bertz CT molecular complexity index is 352. The van der Waals surface area contributed by atoms with Crippen LogP contribution < -0.4 is 0 Å². The predicted molar refractivity (Wildman–Crippen MR) is 51.7 cm³/mol. The average Bonchev–Trinajstić information content (AvgIpc) is 2.19. The quantitative estimate of drug-likeness (QED) is 0.561. The van der Waals surface area contributed by atoms with Gasteiger partial charge in [0.2, 0.25) is 0 Å². The summed E-state index contributed by atoms with van der Waals surface area (Å²) in [5.41, 5.74) is 0.995. The fraction of sp³-hybridized carbons (Fsp3) is 0.300. The molecule has 76 valence electrons. The zero-order valence-electron chi connectivity index (χ0n) is 7.88. The summed E-state index contributed by atoms with van der Waals surface area (Å²) < 4.78 is 17.6. The second-order valence-electron chi connectivity index (χ2n) is 2.91. The van der Waals surface area contributed by atoms with E-state index in [-0.39, 0.29) is 5.56 Å². The van der Waals surface area contributed by atoms with E-state index in [1.165, 1.54) is 19.2 Å². The lowest BCUT2D eigenvalue weighted by molar-refractivity contribution is -0.140. The van der Waals surface area contributed by atoms with Crippen LogP contribution in [0.3, 0.4) is 0 Å². The van der Waals surface area contributed by atoms with Crippen molar-refractivity contribution in [3.63, 3.8) is 0 Å². The summed E-state index contributed by atoms with van der Waals surface area (Å²) >= 11 is 5.72. The number of halogens is 2. The summed E-state index contributed by atoms with van der Waals surface area (Å²) in [6.45, 7) is 1.80. The highest BCUT2D eigenvalue weighted by Gasteiger charge is 2.21. The van der Waals surface area contributed by atoms with Crippen LogP contribution in [0, 0.1) is 12.7 Å². The van der Waals surface area contributed by atoms with Crippen molar-refractivity contribution in [2.45, 2.75) is 12.3 Å². The SMILES string of the molecule is COC(=O)C(Cl)c1cc(C)ccc1F. The van der Waals surface area contributed by atoms with Crippen molar-refractivity contribution in [2.24, 2.45) is 0 Å². The van der Waals surface area contributed by atoms with Crippen molar-refractivity contribution in [1.29, 1.82) is 0 Å². The Kier molecular flexibility index (Phi) is 3.47. The number of aryl methyl sites for hydroxylation is 1. The first-order valence-electron chi connectivity index (χ1n) is 4.04. The molecule has 1 unspecified atom stereocenters. The molecule has 1 aromatic rings. The van der Waals surface area contributed by atoms with Crippen LogP contribution in [0.4, 0.5) is 4.39 Å². The summed E-state index contributed by atoms with van der Waals surface area (Å²) in [5.74, 6) is -1.16. The zero-order chi connectivity index (χ0) is 10.7. The fourth-order valence-electron chi connectivity index (χ4n) is 1.09. The topological polar surface area (TPSA) is 26.3 Å². The number of esters is 1. The van der Waals surface area contributed by atoms with E-state index in [0.717, 1.165) is 5.56 Å². The van der Waals surface area contributed by atoms with Crippen LogP contribution in [0.25, 0.3) is 0 Å². The van der Waals surface area contributed by atoms with Gasteiger partial charge in [0.15, 0.2) is 5.38 Å². The first-order chi connectivity index (χ1) is 6.56. The van der Waals surface area contributed by atoms with E-state index < -0.39 is 17.2 Å². The van der Waals surface area contributed by atoms with Crippen molar-refractivity contribution >= 4 is 17.6 Å². The molecule has 0 heterocycles. The van der Waals surface area contributed by atoms with Crippen LogP contribution in [-0.4, -0.2) is 13.1 Å². The van der Waals surface area contributed by atoms with Gasteiger partial charge in [-0.15, -0.1) is 11.6 Å². The molecule has 0 spiro atoms. The zero-order valence-corrected chi connectivity index (χ0v) is 8.64. The number of hydrogen-bond donors (Lipinski definition) is 0. The van der Waals surface area contributed by atoms with E-state index in [4.69, 9.17) is 11.6 Å². The van der Waals surface area contributed by atoms with Crippen molar-refractivity contribution < 1.29 is 13.9 Å². The molecule has 14 heavy (non-hydrogen) atoms. The summed E-state index contributed by atoms with van der Waals surface area (Å²) in [6.07, 6.45) is 0. The highest BCUT2D eigenvalue weighted by atomic mass is 35.5. The van der Waals surface area contributed by atoms with Gasteiger partial charge in [0.05, 0.1) is 7.11 Å². The van der Waals surface area contributed by atoms with Crippen LogP contribution in [0.1, 0.15) is 16.5 Å². The molecule has 0 saturated heterocycles. The number of rotatable bonds is 2. The number of ether oxygens (including phenoxy) is 1. The third kappa shape index (κ3) is 2.23. The van der Waals surface area contributed by atoms with E-state index >= 15 is 0 Å². The normalized spacial score (nSPS) is 12.3. The van der Waals surface area contributed by atoms with Crippen molar-refractivity contribution in [3.05, 3.63) is 35.1 Å². The van der Waals surface area contributed by atoms with Crippen LogP contribution in [0.5, 0.6) is 0 Å². The number of hydrogen-bond acceptors (Lipinski definition) is 2.